The minimum atomic E-state index is -0.251. The van der Waals surface area contributed by atoms with Crippen molar-refractivity contribution < 1.29 is 9.53 Å². The maximum Gasteiger partial charge on any atom is 0.314 e. The van der Waals surface area contributed by atoms with Crippen molar-refractivity contribution in [2.45, 2.75) is 24.8 Å². The van der Waals surface area contributed by atoms with Gasteiger partial charge >= 0.3 is 5.97 Å². The Kier molecular flexibility index (Phi) is 3.51. The summed E-state index contributed by atoms with van der Waals surface area (Å²) in [5.41, 5.74) is 0.905. The molecule has 1 aromatic heterocycles. The highest BCUT2D eigenvalue weighted by molar-refractivity contribution is 5.78. The fraction of sp³-hybridized carbons (Fsp3) is 0.500. The first kappa shape index (κ1) is 11.1. The number of esters is 1. The quantitative estimate of drug-likeness (QED) is 0.755. The number of methoxy groups -OCH3 is 1. The lowest BCUT2D eigenvalue weighted by atomic mass is 10.0. The van der Waals surface area contributed by atoms with Gasteiger partial charge < -0.3 is 10.1 Å². The molecule has 0 saturated heterocycles. The number of ether oxygens (including phenoxy) is 1. The topological polar surface area (TPSA) is 51.2 Å². The zero-order chi connectivity index (χ0) is 11.4. The molecule has 86 valence electrons. The number of hydrogen-bond donors (Lipinski definition) is 1. The van der Waals surface area contributed by atoms with E-state index in [4.69, 9.17) is 4.74 Å². The fourth-order valence-electron chi connectivity index (χ4n) is 1.63. The highest BCUT2D eigenvalue weighted by Gasteiger charge is 2.26. The third-order valence-corrected chi connectivity index (χ3v) is 2.76. The second-order valence-electron chi connectivity index (χ2n) is 4.04. The Morgan fingerprint density at radius 2 is 2.50 bits per heavy atom. The Labute approximate surface area is 95.0 Å². The molecule has 1 aromatic rings. The predicted octanol–water partition coefficient (Wildman–Crippen LogP) is 1.09. The summed E-state index contributed by atoms with van der Waals surface area (Å²) in [5.74, 6) is -0.458. The number of nitrogens with one attached hydrogen (secondary N) is 1. The molecule has 0 radical (unpaired) electrons. The van der Waals surface area contributed by atoms with Gasteiger partial charge in [-0.1, -0.05) is 6.07 Å². The highest BCUT2D eigenvalue weighted by Crippen LogP contribution is 2.21. The molecule has 1 N–H and O–H groups in total. The molecule has 4 heteroatoms. The highest BCUT2D eigenvalue weighted by atomic mass is 16.5. The molecule has 0 bridgehead atoms. The van der Waals surface area contributed by atoms with Gasteiger partial charge in [-0.2, -0.15) is 0 Å². The van der Waals surface area contributed by atoms with Crippen LogP contribution in [0.5, 0.6) is 0 Å². The molecule has 0 amide bonds. The molecule has 16 heavy (non-hydrogen) atoms. The molecule has 1 heterocycles. The van der Waals surface area contributed by atoms with Gasteiger partial charge in [0.25, 0.3) is 0 Å². The molecule has 1 fully saturated rings. The van der Waals surface area contributed by atoms with Crippen LogP contribution in [0, 0.1) is 0 Å². The number of rotatable bonds is 5. The van der Waals surface area contributed by atoms with Gasteiger partial charge in [0.15, 0.2) is 0 Å². The Morgan fingerprint density at radius 1 is 1.69 bits per heavy atom. The molecule has 1 atom stereocenters. The molecule has 1 aliphatic carbocycles. The number of carbonyl (C=O) groups is 1. The average molecular weight is 220 g/mol. The van der Waals surface area contributed by atoms with Crippen molar-refractivity contribution in [3.63, 3.8) is 0 Å². The maximum atomic E-state index is 11.7. The summed E-state index contributed by atoms with van der Waals surface area (Å²) in [6.45, 7) is 0.628. The van der Waals surface area contributed by atoms with Crippen LogP contribution >= 0.6 is 0 Å². The molecule has 0 aliphatic heterocycles. The molecule has 0 spiro atoms. The summed E-state index contributed by atoms with van der Waals surface area (Å²) in [6, 6.07) is 4.33. The Hall–Kier alpha value is -1.42. The van der Waals surface area contributed by atoms with Crippen molar-refractivity contribution in [2.24, 2.45) is 0 Å². The third kappa shape index (κ3) is 2.79. The first-order valence-electron chi connectivity index (χ1n) is 5.52. The van der Waals surface area contributed by atoms with Crippen LogP contribution in [0.1, 0.15) is 24.3 Å². The SMILES string of the molecule is COC(=O)C(CNC1CC1)c1cccnc1. The van der Waals surface area contributed by atoms with E-state index >= 15 is 0 Å². The first-order chi connectivity index (χ1) is 7.81. The third-order valence-electron chi connectivity index (χ3n) is 2.76. The van der Waals surface area contributed by atoms with Crippen molar-refractivity contribution in [3.05, 3.63) is 30.1 Å². The van der Waals surface area contributed by atoms with Crippen molar-refractivity contribution in [1.82, 2.24) is 10.3 Å². The second-order valence-corrected chi connectivity index (χ2v) is 4.04. The average Bonchev–Trinajstić information content (AvgIpc) is 3.14. The predicted molar refractivity (Wildman–Crippen MR) is 60.0 cm³/mol. The molecule has 2 rings (SSSR count). The molecule has 0 aromatic carbocycles. The lowest BCUT2D eigenvalue weighted by Crippen LogP contribution is -2.29. The number of nitrogens with zero attached hydrogens (tertiary/aromatic N) is 1. The number of aromatic nitrogens is 1. The normalized spacial score (nSPS) is 16.8. The molecular weight excluding hydrogens is 204 g/mol. The van der Waals surface area contributed by atoms with E-state index in [1.165, 1.54) is 20.0 Å². The standard InChI is InChI=1S/C12H16N2O2/c1-16-12(15)11(8-14-10-4-5-10)9-3-2-6-13-7-9/h2-3,6-7,10-11,14H,4-5,8H2,1H3. The fourth-order valence-corrected chi connectivity index (χ4v) is 1.63. The first-order valence-corrected chi connectivity index (χ1v) is 5.52. The van der Waals surface area contributed by atoms with E-state index in [2.05, 4.69) is 10.3 Å². The van der Waals surface area contributed by atoms with Gasteiger partial charge in [-0.15, -0.1) is 0 Å². The van der Waals surface area contributed by atoms with Crippen LogP contribution in [0.4, 0.5) is 0 Å². The van der Waals surface area contributed by atoms with E-state index in [1.807, 2.05) is 12.1 Å². The van der Waals surface area contributed by atoms with Crippen molar-refractivity contribution in [3.8, 4) is 0 Å². The van der Waals surface area contributed by atoms with E-state index in [0.717, 1.165) is 5.56 Å². The van der Waals surface area contributed by atoms with Crippen LogP contribution in [0.15, 0.2) is 24.5 Å². The van der Waals surface area contributed by atoms with Gasteiger partial charge in [0.1, 0.15) is 0 Å². The van der Waals surface area contributed by atoms with E-state index in [-0.39, 0.29) is 11.9 Å². The van der Waals surface area contributed by atoms with Crippen LogP contribution < -0.4 is 5.32 Å². The zero-order valence-electron chi connectivity index (χ0n) is 9.35. The molecule has 1 saturated carbocycles. The minimum Gasteiger partial charge on any atom is -0.469 e. The monoisotopic (exact) mass is 220 g/mol. The minimum absolute atomic E-state index is 0.207. The lowest BCUT2D eigenvalue weighted by Gasteiger charge is -2.15. The molecule has 1 unspecified atom stereocenters. The van der Waals surface area contributed by atoms with Crippen LogP contribution in [0.25, 0.3) is 0 Å². The van der Waals surface area contributed by atoms with E-state index < -0.39 is 0 Å². The van der Waals surface area contributed by atoms with E-state index in [0.29, 0.717) is 12.6 Å². The van der Waals surface area contributed by atoms with E-state index in [1.54, 1.807) is 12.4 Å². The Morgan fingerprint density at radius 3 is 3.06 bits per heavy atom. The summed E-state index contributed by atoms with van der Waals surface area (Å²) >= 11 is 0. The van der Waals surface area contributed by atoms with Gasteiger partial charge in [-0.25, -0.2) is 0 Å². The Balaban J connectivity index is 2.03. The smallest absolute Gasteiger partial charge is 0.314 e. The summed E-state index contributed by atoms with van der Waals surface area (Å²) in [6.07, 6.45) is 5.84. The summed E-state index contributed by atoms with van der Waals surface area (Å²) in [4.78, 5) is 15.7. The van der Waals surface area contributed by atoms with Gasteiger partial charge in [-0.05, 0) is 24.5 Å². The van der Waals surface area contributed by atoms with Gasteiger partial charge in [0.05, 0.1) is 13.0 Å². The number of pyridine rings is 1. The lowest BCUT2D eigenvalue weighted by molar-refractivity contribution is -0.142. The van der Waals surface area contributed by atoms with Crippen LogP contribution in [-0.4, -0.2) is 30.6 Å². The largest absolute Gasteiger partial charge is 0.469 e. The number of carbonyl (C=O) groups excluding carboxylic acids is 1. The van der Waals surface area contributed by atoms with Crippen LogP contribution in [0.2, 0.25) is 0 Å². The van der Waals surface area contributed by atoms with Crippen molar-refractivity contribution >= 4 is 5.97 Å². The Bertz CT molecular complexity index is 349. The van der Waals surface area contributed by atoms with Gasteiger partial charge in [0.2, 0.25) is 0 Å². The zero-order valence-corrected chi connectivity index (χ0v) is 9.35. The number of hydrogen-bond acceptors (Lipinski definition) is 4. The van der Waals surface area contributed by atoms with E-state index in [9.17, 15) is 4.79 Å². The molecular formula is C12H16N2O2. The molecule has 1 aliphatic rings. The van der Waals surface area contributed by atoms with Crippen LogP contribution in [-0.2, 0) is 9.53 Å². The van der Waals surface area contributed by atoms with Gasteiger partial charge in [-0.3, -0.25) is 9.78 Å². The van der Waals surface area contributed by atoms with Crippen molar-refractivity contribution in [2.75, 3.05) is 13.7 Å². The second kappa shape index (κ2) is 5.07. The molecule has 4 nitrogen and oxygen atoms in total. The summed E-state index contributed by atoms with van der Waals surface area (Å²) in [5, 5.41) is 3.34. The summed E-state index contributed by atoms with van der Waals surface area (Å²) in [7, 11) is 1.42. The summed E-state index contributed by atoms with van der Waals surface area (Å²) < 4.78 is 4.81. The maximum absolute atomic E-state index is 11.7. The van der Waals surface area contributed by atoms with Gasteiger partial charge in [0, 0.05) is 25.0 Å². The van der Waals surface area contributed by atoms with Crippen molar-refractivity contribution in [1.29, 1.82) is 0 Å². The van der Waals surface area contributed by atoms with Crippen LogP contribution in [0.3, 0.4) is 0 Å².